The fraction of sp³-hybridized carbons (Fsp3) is 0.278. The van der Waals surface area contributed by atoms with E-state index in [1.807, 2.05) is 24.3 Å². The van der Waals surface area contributed by atoms with Gasteiger partial charge in [0, 0.05) is 26.2 Å². The van der Waals surface area contributed by atoms with E-state index in [1.54, 1.807) is 6.33 Å². The first kappa shape index (κ1) is 17.1. The minimum atomic E-state index is -3.66. The van der Waals surface area contributed by atoms with E-state index < -0.39 is 15.8 Å². The average molecular weight is 374 g/mol. The van der Waals surface area contributed by atoms with Crippen molar-refractivity contribution in [2.75, 3.05) is 26.2 Å². The van der Waals surface area contributed by atoms with Crippen LogP contribution in [0.4, 0.5) is 4.39 Å². The molecule has 0 spiro atoms. The van der Waals surface area contributed by atoms with Crippen LogP contribution in [0.1, 0.15) is 0 Å². The van der Waals surface area contributed by atoms with Crippen molar-refractivity contribution in [3.63, 3.8) is 0 Å². The number of rotatable bonds is 4. The Balaban J connectivity index is 1.44. The maximum atomic E-state index is 13.4. The van der Waals surface area contributed by atoms with Gasteiger partial charge in [0.15, 0.2) is 0 Å². The summed E-state index contributed by atoms with van der Waals surface area (Å²) in [6.07, 6.45) is 1.81. The molecule has 0 N–H and O–H groups in total. The van der Waals surface area contributed by atoms with E-state index in [0.717, 1.165) is 17.1 Å². The molecule has 0 amide bonds. The third kappa shape index (κ3) is 3.23. The van der Waals surface area contributed by atoms with Gasteiger partial charge in [-0.05, 0) is 30.3 Å². The van der Waals surface area contributed by atoms with Gasteiger partial charge >= 0.3 is 0 Å². The van der Waals surface area contributed by atoms with Gasteiger partial charge in [0.05, 0.1) is 28.9 Å². The van der Waals surface area contributed by atoms with Gasteiger partial charge in [-0.1, -0.05) is 18.2 Å². The third-order valence-corrected chi connectivity index (χ3v) is 6.54. The number of benzene rings is 2. The summed E-state index contributed by atoms with van der Waals surface area (Å²) < 4.78 is 42.2. The maximum Gasteiger partial charge on any atom is 0.243 e. The molecule has 8 heteroatoms. The standard InChI is InChI=1S/C18H19FN4O2S/c19-15-4-3-5-16(12-15)26(24,25)23-10-8-21(9-11-23)14-22-13-20-17-6-1-2-7-18(17)22/h1-7,12-13H,8-11,14H2. The fourth-order valence-electron chi connectivity index (χ4n) is 3.23. The van der Waals surface area contributed by atoms with E-state index in [4.69, 9.17) is 0 Å². The number of halogens is 1. The molecule has 0 aliphatic carbocycles. The summed E-state index contributed by atoms with van der Waals surface area (Å²) in [7, 11) is -3.66. The number of hydrogen-bond donors (Lipinski definition) is 0. The first-order chi connectivity index (χ1) is 12.5. The second-order valence-corrected chi connectivity index (χ2v) is 8.26. The van der Waals surface area contributed by atoms with Crippen molar-refractivity contribution < 1.29 is 12.8 Å². The van der Waals surface area contributed by atoms with Crippen molar-refractivity contribution in [1.82, 2.24) is 18.8 Å². The molecule has 0 unspecified atom stereocenters. The maximum absolute atomic E-state index is 13.4. The molecule has 6 nitrogen and oxygen atoms in total. The van der Waals surface area contributed by atoms with E-state index in [9.17, 15) is 12.8 Å². The van der Waals surface area contributed by atoms with Crippen LogP contribution >= 0.6 is 0 Å². The molecule has 1 aromatic heterocycles. The highest BCUT2D eigenvalue weighted by molar-refractivity contribution is 7.89. The highest BCUT2D eigenvalue weighted by Gasteiger charge is 2.28. The number of imidazole rings is 1. The molecule has 2 heterocycles. The lowest BCUT2D eigenvalue weighted by molar-refractivity contribution is 0.154. The van der Waals surface area contributed by atoms with E-state index in [0.29, 0.717) is 32.8 Å². The van der Waals surface area contributed by atoms with Crippen molar-refractivity contribution in [2.24, 2.45) is 0 Å². The van der Waals surface area contributed by atoms with Crippen molar-refractivity contribution in [1.29, 1.82) is 0 Å². The van der Waals surface area contributed by atoms with Gasteiger partial charge in [-0.3, -0.25) is 4.90 Å². The second kappa shape index (κ2) is 6.79. The third-order valence-electron chi connectivity index (χ3n) is 4.64. The van der Waals surface area contributed by atoms with E-state index in [1.165, 1.54) is 22.5 Å². The van der Waals surface area contributed by atoms with E-state index in [-0.39, 0.29) is 4.90 Å². The lowest BCUT2D eigenvalue weighted by Gasteiger charge is -2.34. The summed E-state index contributed by atoms with van der Waals surface area (Å²) >= 11 is 0. The van der Waals surface area contributed by atoms with Crippen LogP contribution in [-0.2, 0) is 16.7 Å². The molecule has 26 heavy (non-hydrogen) atoms. The molecule has 0 radical (unpaired) electrons. The summed E-state index contributed by atoms with van der Waals surface area (Å²) in [5.74, 6) is -0.545. The van der Waals surface area contributed by atoms with Crippen LogP contribution in [-0.4, -0.2) is 53.4 Å². The lowest BCUT2D eigenvalue weighted by Crippen LogP contribution is -2.48. The number of sulfonamides is 1. The zero-order valence-corrected chi connectivity index (χ0v) is 14.9. The molecule has 1 aliphatic rings. The fourth-order valence-corrected chi connectivity index (χ4v) is 4.68. The Morgan fingerprint density at radius 1 is 1.00 bits per heavy atom. The van der Waals surface area contributed by atoms with Gasteiger partial charge < -0.3 is 4.57 Å². The molecule has 4 rings (SSSR count). The SMILES string of the molecule is O=S(=O)(c1cccc(F)c1)N1CCN(Cn2cnc3ccccc32)CC1. The van der Waals surface area contributed by atoms with Crippen LogP contribution in [0.25, 0.3) is 11.0 Å². The normalized spacial score (nSPS) is 17.0. The Kier molecular flexibility index (Phi) is 4.47. The Morgan fingerprint density at radius 2 is 1.77 bits per heavy atom. The molecule has 3 aromatic rings. The van der Waals surface area contributed by atoms with Gasteiger partial charge in [-0.25, -0.2) is 17.8 Å². The van der Waals surface area contributed by atoms with Crippen molar-refractivity contribution in [3.8, 4) is 0 Å². The van der Waals surface area contributed by atoms with Crippen LogP contribution in [0.5, 0.6) is 0 Å². The first-order valence-corrected chi connectivity index (χ1v) is 9.86. The largest absolute Gasteiger partial charge is 0.317 e. The predicted octanol–water partition coefficient (Wildman–Crippen LogP) is 2.14. The molecular formula is C18H19FN4O2S. The van der Waals surface area contributed by atoms with Gasteiger partial charge in [0.25, 0.3) is 0 Å². The summed E-state index contributed by atoms with van der Waals surface area (Å²) in [6.45, 7) is 2.65. The van der Waals surface area contributed by atoms with Crippen molar-refractivity contribution in [2.45, 2.75) is 11.6 Å². The second-order valence-electron chi connectivity index (χ2n) is 6.32. The number of piperazine rings is 1. The predicted molar refractivity (Wildman–Crippen MR) is 96.5 cm³/mol. The van der Waals surface area contributed by atoms with Gasteiger partial charge in [-0.15, -0.1) is 0 Å². The molecule has 0 saturated carbocycles. The van der Waals surface area contributed by atoms with Crippen molar-refractivity contribution in [3.05, 3.63) is 60.7 Å². The van der Waals surface area contributed by atoms with Gasteiger partial charge in [-0.2, -0.15) is 4.31 Å². The Bertz CT molecular complexity index is 1030. The summed E-state index contributed by atoms with van der Waals surface area (Å²) in [6, 6.07) is 13.1. The molecule has 0 atom stereocenters. The first-order valence-electron chi connectivity index (χ1n) is 8.42. The topological polar surface area (TPSA) is 58.4 Å². The van der Waals surface area contributed by atoms with Gasteiger partial charge in [0.1, 0.15) is 5.82 Å². The lowest BCUT2D eigenvalue weighted by atomic mass is 10.3. The highest BCUT2D eigenvalue weighted by Crippen LogP contribution is 2.19. The molecule has 1 fully saturated rings. The Hall–Kier alpha value is -2.29. The number of fused-ring (bicyclic) bond motifs is 1. The minimum absolute atomic E-state index is 0.00607. The van der Waals surface area contributed by atoms with Crippen LogP contribution in [0.2, 0.25) is 0 Å². The van der Waals surface area contributed by atoms with Crippen LogP contribution < -0.4 is 0 Å². The average Bonchev–Trinajstić information content (AvgIpc) is 3.05. The van der Waals surface area contributed by atoms with Crippen LogP contribution in [0, 0.1) is 5.82 Å². The van der Waals surface area contributed by atoms with Crippen LogP contribution in [0.3, 0.4) is 0 Å². The minimum Gasteiger partial charge on any atom is -0.317 e. The summed E-state index contributed by atoms with van der Waals surface area (Å²) in [5.41, 5.74) is 2.00. The van der Waals surface area contributed by atoms with E-state index in [2.05, 4.69) is 14.5 Å². The Labute approximate surface area is 151 Å². The molecule has 2 aromatic carbocycles. The quantitative estimate of drug-likeness (QED) is 0.702. The number of nitrogens with zero attached hydrogens (tertiary/aromatic N) is 4. The Morgan fingerprint density at radius 3 is 2.54 bits per heavy atom. The molecular weight excluding hydrogens is 355 g/mol. The highest BCUT2D eigenvalue weighted by atomic mass is 32.2. The monoisotopic (exact) mass is 374 g/mol. The number of aromatic nitrogens is 2. The zero-order valence-electron chi connectivity index (χ0n) is 14.1. The molecule has 136 valence electrons. The van der Waals surface area contributed by atoms with Gasteiger partial charge in [0.2, 0.25) is 10.0 Å². The number of para-hydroxylation sites is 2. The molecule has 1 saturated heterocycles. The molecule has 0 bridgehead atoms. The smallest absolute Gasteiger partial charge is 0.243 e. The summed E-state index contributed by atoms with van der Waals surface area (Å²) in [5, 5.41) is 0. The van der Waals surface area contributed by atoms with E-state index >= 15 is 0 Å². The van der Waals surface area contributed by atoms with Crippen molar-refractivity contribution >= 4 is 21.1 Å². The summed E-state index contributed by atoms with van der Waals surface area (Å²) in [4.78, 5) is 6.57. The van der Waals surface area contributed by atoms with Crippen LogP contribution in [0.15, 0.2) is 59.8 Å². The molecule has 1 aliphatic heterocycles. The zero-order chi connectivity index (χ0) is 18.1. The number of hydrogen-bond acceptors (Lipinski definition) is 4.